The second kappa shape index (κ2) is 6.57. The van der Waals surface area contributed by atoms with E-state index in [9.17, 15) is 4.39 Å². The van der Waals surface area contributed by atoms with Gasteiger partial charge in [0.05, 0.1) is 6.54 Å². The molecular weight excluding hydrogens is 255 g/mol. The fourth-order valence-electron chi connectivity index (χ4n) is 2.26. The van der Waals surface area contributed by atoms with Crippen molar-refractivity contribution >= 4 is 5.69 Å². The average molecular weight is 276 g/mol. The molecule has 0 saturated carbocycles. The van der Waals surface area contributed by atoms with Crippen molar-refractivity contribution in [2.45, 2.75) is 26.9 Å². The number of hydrogen-bond acceptors (Lipinski definition) is 3. The lowest BCUT2D eigenvalue weighted by atomic mass is 10.2. The van der Waals surface area contributed by atoms with Crippen LogP contribution in [0.25, 0.3) is 0 Å². The normalized spacial score (nSPS) is 10.8. The lowest BCUT2D eigenvalue weighted by Gasteiger charge is -2.21. The number of nitrogens with zero attached hydrogens (tertiary/aromatic N) is 1. The summed E-state index contributed by atoms with van der Waals surface area (Å²) in [5.74, 6) is 1.67. The number of anilines is 1. The van der Waals surface area contributed by atoms with Crippen LogP contribution in [0.4, 0.5) is 10.1 Å². The molecule has 0 bridgehead atoms. The van der Waals surface area contributed by atoms with Crippen molar-refractivity contribution in [3.63, 3.8) is 0 Å². The maximum Gasteiger partial charge on any atom is 0.123 e. The number of rotatable bonds is 6. The minimum atomic E-state index is -0.213. The van der Waals surface area contributed by atoms with Crippen molar-refractivity contribution in [2.75, 3.05) is 18.5 Å². The molecule has 1 heterocycles. The number of halogens is 1. The van der Waals surface area contributed by atoms with Gasteiger partial charge in [0.15, 0.2) is 0 Å². The first-order chi connectivity index (χ1) is 9.63. The topological polar surface area (TPSA) is 28.4 Å². The maximum absolute atomic E-state index is 13.0. The molecule has 20 heavy (non-hydrogen) atoms. The fraction of sp³-hybridized carbons (Fsp3) is 0.375. The number of hydrogen-bond donors (Lipinski definition) is 1. The largest absolute Gasteiger partial charge is 0.464 e. The molecule has 0 fully saturated rings. The summed E-state index contributed by atoms with van der Waals surface area (Å²) < 4.78 is 18.8. The summed E-state index contributed by atoms with van der Waals surface area (Å²) in [6, 6.07) is 8.64. The monoisotopic (exact) mass is 276 g/mol. The van der Waals surface area contributed by atoms with Crippen molar-refractivity contribution in [3.05, 3.63) is 53.2 Å². The zero-order valence-electron chi connectivity index (χ0n) is 12.2. The van der Waals surface area contributed by atoms with E-state index in [1.165, 1.54) is 17.7 Å². The van der Waals surface area contributed by atoms with Crippen LogP contribution < -0.4 is 10.2 Å². The van der Waals surface area contributed by atoms with Gasteiger partial charge < -0.3 is 14.6 Å². The zero-order valence-corrected chi connectivity index (χ0v) is 12.2. The molecule has 0 unspecified atom stereocenters. The summed E-state index contributed by atoms with van der Waals surface area (Å²) >= 11 is 0. The van der Waals surface area contributed by atoms with Gasteiger partial charge in [0.2, 0.25) is 0 Å². The Labute approximate surface area is 119 Å². The minimum absolute atomic E-state index is 0.213. The van der Waals surface area contributed by atoms with Gasteiger partial charge in [-0.05, 0) is 51.2 Å². The number of benzene rings is 1. The Kier molecular flexibility index (Phi) is 4.79. The summed E-state index contributed by atoms with van der Waals surface area (Å²) in [7, 11) is 1.92. The van der Waals surface area contributed by atoms with Gasteiger partial charge in [-0.2, -0.15) is 0 Å². The van der Waals surface area contributed by atoms with Crippen LogP contribution in [0.2, 0.25) is 0 Å². The van der Waals surface area contributed by atoms with Crippen LogP contribution in [-0.2, 0) is 13.1 Å². The summed E-state index contributed by atoms with van der Waals surface area (Å²) in [4.78, 5) is 2.15. The van der Waals surface area contributed by atoms with Crippen molar-refractivity contribution in [1.82, 2.24) is 5.32 Å². The molecular formula is C16H21FN2O. The maximum atomic E-state index is 13.0. The van der Waals surface area contributed by atoms with Gasteiger partial charge in [0.1, 0.15) is 17.3 Å². The SMILES string of the molecule is CCN(Cc1cc(CNC)c(C)o1)c1ccc(F)cc1. The van der Waals surface area contributed by atoms with E-state index in [2.05, 4.69) is 23.2 Å². The molecule has 1 aromatic carbocycles. The Hall–Kier alpha value is -1.81. The molecule has 0 aliphatic heterocycles. The fourth-order valence-corrected chi connectivity index (χ4v) is 2.26. The number of furan rings is 1. The summed E-state index contributed by atoms with van der Waals surface area (Å²) in [5, 5.41) is 3.13. The second-order valence-corrected chi connectivity index (χ2v) is 4.82. The molecule has 108 valence electrons. The minimum Gasteiger partial charge on any atom is -0.464 e. The van der Waals surface area contributed by atoms with Crippen LogP contribution in [0.1, 0.15) is 24.0 Å². The number of aryl methyl sites for hydroxylation is 1. The highest BCUT2D eigenvalue weighted by molar-refractivity contribution is 5.46. The average Bonchev–Trinajstić information content (AvgIpc) is 2.78. The lowest BCUT2D eigenvalue weighted by Crippen LogP contribution is -2.21. The van der Waals surface area contributed by atoms with Gasteiger partial charge in [0, 0.05) is 24.3 Å². The molecule has 0 aliphatic rings. The first-order valence-corrected chi connectivity index (χ1v) is 6.87. The van der Waals surface area contributed by atoms with Crippen LogP contribution in [0.5, 0.6) is 0 Å². The van der Waals surface area contributed by atoms with Crippen molar-refractivity contribution < 1.29 is 8.81 Å². The summed E-state index contributed by atoms with van der Waals surface area (Å²) in [5.41, 5.74) is 2.18. The highest BCUT2D eigenvalue weighted by Gasteiger charge is 2.11. The first kappa shape index (κ1) is 14.6. The zero-order chi connectivity index (χ0) is 14.5. The van der Waals surface area contributed by atoms with E-state index in [1.807, 2.05) is 14.0 Å². The molecule has 0 aliphatic carbocycles. The highest BCUT2D eigenvalue weighted by atomic mass is 19.1. The van der Waals surface area contributed by atoms with Crippen LogP contribution >= 0.6 is 0 Å². The summed E-state index contributed by atoms with van der Waals surface area (Å²) in [6.07, 6.45) is 0. The van der Waals surface area contributed by atoms with Gasteiger partial charge in [-0.3, -0.25) is 0 Å². The van der Waals surface area contributed by atoms with Crippen molar-refractivity contribution in [3.8, 4) is 0 Å². The lowest BCUT2D eigenvalue weighted by molar-refractivity contribution is 0.475. The molecule has 1 aromatic heterocycles. The van der Waals surface area contributed by atoms with E-state index in [-0.39, 0.29) is 5.82 Å². The first-order valence-electron chi connectivity index (χ1n) is 6.87. The highest BCUT2D eigenvalue weighted by Crippen LogP contribution is 2.21. The molecule has 0 radical (unpaired) electrons. The third-order valence-corrected chi connectivity index (χ3v) is 3.36. The standard InChI is InChI=1S/C16H21FN2O/c1-4-19(15-7-5-14(17)6-8-15)11-16-9-13(10-18-3)12(2)20-16/h5-9,18H,4,10-11H2,1-3H3. The molecule has 1 N–H and O–H groups in total. The number of nitrogens with one attached hydrogen (secondary N) is 1. The molecule has 0 spiro atoms. The van der Waals surface area contributed by atoms with E-state index >= 15 is 0 Å². The van der Waals surface area contributed by atoms with E-state index in [0.29, 0.717) is 6.54 Å². The molecule has 0 atom stereocenters. The quantitative estimate of drug-likeness (QED) is 0.875. The van der Waals surface area contributed by atoms with Gasteiger partial charge >= 0.3 is 0 Å². The predicted molar refractivity (Wildman–Crippen MR) is 79.3 cm³/mol. The molecule has 2 aromatic rings. The smallest absolute Gasteiger partial charge is 0.123 e. The Balaban J connectivity index is 2.13. The third kappa shape index (κ3) is 3.39. The Morgan fingerprint density at radius 2 is 1.95 bits per heavy atom. The van der Waals surface area contributed by atoms with Crippen molar-refractivity contribution in [2.24, 2.45) is 0 Å². The van der Waals surface area contributed by atoms with Crippen LogP contribution in [-0.4, -0.2) is 13.6 Å². The summed E-state index contributed by atoms with van der Waals surface area (Å²) in [6.45, 7) is 6.38. The predicted octanol–water partition coefficient (Wildman–Crippen LogP) is 3.47. The van der Waals surface area contributed by atoms with Crippen LogP contribution in [0.3, 0.4) is 0 Å². The van der Waals surface area contributed by atoms with Crippen LogP contribution in [0, 0.1) is 12.7 Å². The van der Waals surface area contributed by atoms with Crippen molar-refractivity contribution in [1.29, 1.82) is 0 Å². The van der Waals surface area contributed by atoms with Gasteiger partial charge in [0.25, 0.3) is 0 Å². The van der Waals surface area contributed by atoms with E-state index < -0.39 is 0 Å². The third-order valence-electron chi connectivity index (χ3n) is 3.36. The molecule has 2 rings (SSSR count). The van der Waals surface area contributed by atoms with Gasteiger partial charge in [-0.1, -0.05) is 0 Å². The Morgan fingerprint density at radius 1 is 1.25 bits per heavy atom. The Bertz CT molecular complexity index is 548. The van der Waals surface area contributed by atoms with E-state index in [4.69, 9.17) is 4.42 Å². The molecule has 0 saturated heterocycles. The molecule has 3 nitrogen and oxygen atoms in total. The van der Waals surface area contributed by atoms with E-state index in [1.54, 1.807) is 12.1 Å². The van der Waals surface area contributed by atoms with E-state index in [0.717, 1.165) is 30.3 Å². The van der Waals surface area contributed by atoms with Crippen LogP contribution in [0.15, 0.2) is 34.7 Å². The second-order valence-electron chi connectivity index (χ2n) is 4.82. The molecule has 0 amide bonds. The van der Waals surface area contributed by atoms with Gasteiger partial charge in [-0.25, -0.2) is 4.39 Å². The Morgan fingerprint density at radius 3 is 2.55 bits per heavy atom. The molecule has 4 heteroatoms. The van der Waals surface area contributed by atoms with Gasteiger partial charge in [-0.15, -0.1) is 0 Å².